The second-order valence-electron chi connectivity index (χ2n) is 4.15. The zero-order chi connectivity index (χ0) is 14.8. The van der Waals surface area contributed by atoms with Gasteiger partial charge in [-0.25, -0.2) is 8.42 Å². The second-order valence-corrected chi connectivity index (χ2v) is 7.02. The molecular weight excluding hydrogens is 344 g/mol. The zero-order valence-corrected chi connectivity index (χ0v) is 12.9. The molecule has 104 valence electrons. The fraction of sp³-hybridized carbons (Fsp3) is 0.0714. The van der Waals surface area contributed by atoms with Crippen LogP contribution in [0.1, 0.15) is 10.4 Å². The Kier molecular flexibility index (Phi) is 4.25. The third-order valence-corrected chi connectivity index (χ3v) is 4.43. The van der Waals surface area contributed by atoms with Gasteiger partial charge in [-0.3, -0.25) is 4.79 Å². The van der Waals surface area contributed by atoms with Crippen LogP contribution in [0.25, 0.3) is 0 Å². The van der Waals surface area contributed by atoms with Crippen LogP contribution in [0.4, 0.5) is 0 Å². The van der Waals surface area contributed by atoms with Crippen LogP contribution in [0.3, 0.4) is 0 Å². The number of ether oxygens (including phenoxy) is 1. The highest BCUT2D eigenvalue weighted by atomic mass is 79.9. The van der Waals surface area contributed by atoms with E-state index < -0.39 is 9.84 Å². The number of hydrogen-bond acceptors (Lipinski definition) is 4. The van der Waals surface area contributed by atoms with E-state index in [1.807, 2.05) is 0 Å². The molecule has 0 aliphatic carbocycles. The minimum Gasteiger partial charge on any atom is -0.457 e. The Labute approximate surface area is 125 Å². The van der Waals surface area contributed by atoms with Crippen LogP contribution < -0.4 is 4.74 Å². The summed E-state index contributed by atoms with van der Waals surface area (Å²) < 4.78 is 28.9. The molecule has 0 amide bonds. The average molecular weight is 355 g/mol. The molecule has 0 saturated carbocycles. The molecule has 0 spiro atoms. The lowest BCUT2D eigenvalue weighted by molar-refractivity contribution is 0.112. The van der Waals surface area contributed by atoms with Crippen LogP contribution in [-0.4, -0.2) is 21.0 Å². The summed E-state index contributed by atoms with van der Waals surface area (Å²) in [6.45, 7) is 0. The molecular formula is C14H11BrO4S. The van der Waals surface area contributed by atoms with Crippen LogP contribution in [-0.2, 0) is 9.84 Å². The number of aldehydes is 1. The molecule has 2 rings (SSSR count). The summed E-state index contributed by atoms with van der Waals surface area (Å²) in [4.78, 5) is 11.1. The van der Waals surface area contributed by atoms with E-state index in [1.54, 1.807) is 30.3 Å². The first-order valence-electron chi connectivity index (χ1n) is 5.63. The number of halogens is 1. The predicted octanol–water partition coefficient (Wildman–Crippen LogP) is 3.46. The van der Waals surface area contributed by atoms with Gasteiger partial charge in [-0.05, 0) is 42.5 Å². The van der Waals surface area contributed by atoms with Gasteiger partial charge < -0.3 is 4.74 Å². The highest BCUT2D eigenvalue weighted by molar-refractivity contribution is 9.10. The largest absolute Gasteiger partial charge is 0.457 e. The first-order chi connectivity index (χ1) is 9.40. The summed E-state index contributed by atoms with van der Waals surface area (Å²) in [6, 6.07) is 11.1. The lowest BCUT2D eigenvalue weighted by Crippen LogP contribution is -1.96. The van der Waals surface area contributed by atoms with Crippen LogP contribution in [0.15, 0.2) is 51.8 Å². The molecule has 0 aliphatic heterocycles. The molecule has 0 radical (unpaired) electrons. The molecule has 2 aromatic rings. The van der Waals surface area contributed by atoms with Gasteiger partial charge in [-0.2, -0.15) is 0 Å². The zero-order valence-electron chi connectivity index (χ0n) is 10.5. The highest BCUT2D eigenvalue weighted by Crippen LogP contribution is 2.26. The molecule has 2 aromatic carbocycles. The van der Waals surface area contributed by atoms with Crippen LogP contribution in [0.2, 0.25) is 0 Å². The van der Waals surface area contributed by atoms with Crippen molar-refractivity contribution in [3.05, 3.63) is 52.5 Å². The highest BCUT2D eigenvalue weighted by Gasteiger charge is 2.07. The molecule has 0 fully saturated rings. The molecule has 0 aliphatic rings. The minimum atomic E-state index is -3.22. The maximum atomic E-state index is 11.3. The summed E-state index contributed by atoms with van der Waals surface area (Å²) in [7, 11) is -3.22. The monoisotopic (exact) mass is 354 g/mol. The first kappa shape index (κ1) is 14.7. The summed E-state index contributed by atoms with van der Waals surface area (Å²) in [5, 5.41) is 0. The van der Waals surface area contributed by atoms with Gasteiger partial charge >= 0.3 is 0 Å². The van der Waals surface area contributed by atoms with Crippen molar-refractivity contribution in [1.29, 1.82) is 0 Å². The van der Waals surface area contributed by atoms with Crippen molar-refractivity contribution in [3.8, 4) is 11.5 Å². The van der Waals surface area contributed by atoms with E-state index in [1.165, 1.54) is 12.1 Å². The number of carbonyl (C=O) groups excluding carboxylic acids is 1. The van der Waals surface area contributed by atoms with Gasteiger partial charge in [-0.1, -0.05) is 15.9 Å². The predicted molar refractivity (Wildman–Crippen MR) is 79.2 cm³/mol. The molecule has 0 bridgehead atoms. The topological polar surface area (TPSA) is 60.4 Å². The van der Waals surface area contributed by atoms with Crippen molar-refractivity contribution in [3.63, 3.8) is 0 Å². The van der Waals surface area contributed by atoms with Gasteiger partial charge in [0.2, 0.25) is 0 Å². The fourth-order valence-electron chi connectivity index (χ4n) is 1.57. The number of hydrogen-bond donors (Lipinski definition) is 0. The summed E-state index contributed by atoms with van der Waals surface area (Å²) in [5.74, 6) is 0.999. The molecule has 0 aromatic heterocycles. The van der Waals surface area contributed by atoms with E-state index >= 15 is 0 Å². The van der Waals surface area contributed by atoms with E-state index in [4.69, 9.17) is 4.74 Å². The van der Waals surface area contributed by atoms with Crippen molar-refractivity contribution >= 4 is 32.1 Å². The third kappa shape index (κ3) is 3.46. The molecule has 4 nitrogen and oxygen atoms in total. The van der Waals surface area contributed by atoms with Crippen LogP contribution >= 0.6 is 15.9 Å². The Bertz CT molecular complexity index is 736. The van der Waals surface area contributed by atoms with Crippen molar-refractivity contribution < 1.29 is 17.9 Å². The quantitative estimate of drug-likeness (QED) is 0.788. The second kappa shape index (κ2) is 5.76. The van der Waals surface area contributed by atoms with Crippen molar-refractivity contribution in [2.24, 2.45) is 0 Å². The van der Waals surface area contributed by atoms with Crippen LogP contribution in [0.5, 0.6) is 11.5 Å². The van der Waals surface area contributed by atoms with Gasteiger partial charge in [0.15, 0.2) is 16.1 Å². The number of rotatable bonds is 4. The number of sulfone groups is 1. The first-order valence-corrected chi connectivity index (χ1v) is 8.31. The van der Waals surface area contributed by atoms with E-state index in [2.05, 4.69) is 15.9 Å². The number of carbonyl (C=O) groups is 1. The lowest BCUT2D eigenvalue weighted by Gasteiger charge is -2.07. The Hall–Kier alpha value is -1.66. The van der Waals surface area contributed by atoms with Gasteiger partial charge in [0.25, 0.3) is 0 Å². The molecule has 0 heterocycles. The van der Waals surface area contributed by atoms with Gasteiger partial charge in [-0.15, -0.1) is 0 Å². The van der Waals surface area contributed by atoms with E-state index in [9.17, 15) is 13.2 Å². The molecule has 20 heavy (non-hydrogen) atoms. The smallest absolute Gasteiger partial charge is 0.175 e. The van der Waals surface area contributed by atoms with Crippen LogP contribution in [0, 0.1) is 0 Å². The van der Waals surface area contributed by atoms with Crippen molar-refractivity contribution in [2.45, 2.75) is 4.90 Å². The Morgan fingerprint density at radius 2 is 1.65 bits per heavy atom. The van der Waals surface area contributed by atoms with E-state index in [-0.39, 0.29) is 4.90 Å². The lowest BCUT2D eigenvalue weighted by atomic mass is 10.2. The fourth-order valence-corrected chi connectivity index (χ4v) is 2.54. The number of benzene rings is 2. The van der Waals surface area contributed by atoms with Gasteiger partial charge in [0.05, 0.1) is 4.90 Å². The maximum absolute atomic E-state index is 11.3. The third-order valence-electron chi connectivity index (χ3n) is 2.58. The van der Waals surface area contributed by atoms with Crippen molar-refractivity contribution in [1.82, 2.24) is 0 Å². The van der Waals surface area contributed by atoms with Crippen molar-refractivity contribution in [2.75, 3.05) is 6.26 Å². The van der Waals surface area contributed by atoms with Gasteiger partial charge in [0.1, 0.15) is 11.5 Å². The normalized spacial score (nSPS) is 11.1. The Balaban J connectivity index is 2.24. The molecule has 0 unspecified atom stereocenters. The average Bonchev–Trinajstić information content (AvgIpc) is 2.40. The summed E-state index contributed by atoms with van der Waals surface area (Å²) in [6.07, 6.45) is 1.87. The molecule has 6 heteroatoms. The van der Waals surface area contributed by atoms with E-state index in [0.29, 0.717) is 21.5 Å². The molecule has 0 N–H and O–H groups in total. The molecule has 0 saturated heterocycles. The Morgan fingerprint density at radius 3 is 2.20 bits per heavy atom. The maximum Gasteiger partial charge on any atom is 0.175 e. The SMILES string of the molecule is CS(=O)(=O)c1ccc(Oc2ccc(Br)c(C=O)c2)cc1. The molecule has 0 atom stereocenters. The summed E-state index contributed by atoms with van der Waals surface area (Å²) >= 11 is 3.25. The van der Waals surface area contributed by atoms with Gasteiger partial charge in [0, 0.05) is 16.3 Å². The minimum absolute atomic E-state index is 0.231. The summed E-state index contributed by atoms with van der Waals surface area (Å²) in [5.41, 5.74) is 0.482. The Morgan fingerprint density at radius 1 is 1.05 bits per heavy atom. The van der Waals surface area contributed by atoms with E-state index in [0.717, 1.165) is 12.5 Å². The standard InChI is InChI=1S/C14H11BrO4S/c1-20(17,18)13-5-2-11(3-6-13)19-12-4-7-14(15)10(8-12)9-16/h2-9H,1H3.